The lowest BCUT2D eigenvalue weighted by Gasteiger charge is -2.13. The second-order valence-corrected chi connectivity index (χ2v) is 9.92. The Hall–Kier alpha value is -2.57. The standard InChI is InChI=1S/C25H26N2O2S2/c1-16-11-12-17(2)21(15-16)29-13-8-14-30-25-26-23-22(18(3)19(4)31-23)24(28)27(25)20-9-6-5-7-10-20/h5-7,9-12,15H,8,13-14H2,1-4H3. The third kappa shape index (κ3) is 4.55. The lowest BCUT2D eigenvalue weighted by atomic mass is 10.1. The van der Waals surface area contributed by atoms with Crippen LogP contribution in [-0.2, 0) is 0 Å². The number of fused-ring (bicyclic) bond motifs is 1. The van der Waals surface area contributed by atoms with Crippen LogP contribution in [0.4, 0.5) is 0 Å². The van der Waals surface area contributed by atoms with Gasteiger partial charge >= 0.3 is 0 Å². The molecule has 4 nitrogen and oxygen atoms in total. The largest absolute Gasteiger partial charge is 0.493 e. The Bertz CT molecular complexity index is 1280. The normalized spacial score (nSPS) is 11.2. The molecule has 0 unspecified atom stereocenters. The lowest BCUT2D eigenvalue weighted by Crippen LogP contribution is -2.21. The van der Waals surface area contributed by atoms with Gasteiger partial charge in [0, 0.05) is 10.6 Å². The third-order valence-electron chi connectivity index (χ3n) is 5.31. The molecule has 0 radical (unpaired) electrons. The number of aromatic nitrogens is 2. The molecule has 0 spiro atoms. The minimum atomic E-state index is 0.00665. The molecular weight excluding hydrogens is 424 g/mol. The fourth-order valence-corrected chi connectivity index (χ4v) is 5.44. The molecule has 0 N–H and O–H groups in total. The maximum absolute atomic E-state index is 13.4. The van der Waals surface area contributed by atoms with E-state index in [9.17, 15) is 4.79 Å². The van der Waals surface area contributed by atoms with Gasteiger partial charge in [-0.05, 0) is 69.0 Å². The van der Waals surface area contributed by atoms with Gasteiger partial charge in [0.2, 0.25) is 0 Å². The van der Waals surface area contributed by atoms with Crippen molar-refractivity contribution in [1.82, 2.24) is 9.55 Å². The van der Waals surface area contributed by atoms with E-state index in [4.69, 9.17) is 9.72 Å². The predicted octanol–water partition coefficient (Wildman–Crippen LogP) is 6.24. The van der Waals surface area contributed by atoms with Crippen LogP contribution >= 0.6 is 23.1 Å². The van der Waals surface area contributed by atoms with Crippen LogP contribution in [0.1, 0.15) is 28.0 Å². The first-order chi connectivity index (χ1) is 15.0. The van der Waals surface area contributed by atoms with Crippen LogP contribution in [0.2, 0.25) is 0 Å². The van der Waals surface area contributed by atoms with Crippen molar-refractivity contribution in [3.8, 4) is 11.4 Å². The Kier molecular flexibility index (Phi) is 6.49. The highest BCUT2D eigenvalue weighted by atomic mass is 32.2. The summed E-state index contributed by atoms with van der Waals surface area (Å²) in [6.07, 6.45) is 0.864. The second-order valence-electron chi connectivity index (χ2n) is 7.65. The minimum absolute atomic E-state index is 0.00665. The molecule has 0 aliphatic rings. The van der Waals surface area contributed by atoms with Gasteiger partial charge in [0.1, 0.15) is 10.6 Å². The van der Waals surface area contributed by atoms with Gasteiger partial charge in [-0.3, -0.25) is 9.36 Å². The molecule has 0 aliphatic heterocycles. The van der Waals surface area contributed by atoms with E-state index in [1.165, 1.54) is 5.56 Å². The summed E-state index contributed by atoms with van der Waals surface area (Å²) < 4.78 is 7.73. The highest BCUT2D eigenvalue weighted by Gasteiger charge is 2.17. The Morgan fingerprint density at radius 1 is 1.06 bits per heavy atom. The van der Waals surface area contributed by atoms with Crippen molar-refractivity contribution < 1.29 is 4.74 Å². The SMILES string of the molecule is Cc1ccc(C)c(OCCCSc2nc3sc(C)c(C)c3c(=O)n2-c2ccccc2)c1. The van der Waals surface area contributed by atoms with Gasteiger partial charge in [0.05, 0.1) is 17.7 Å². The summed E-state index contributed by atoms with van der Waals surface area (Å²) >= 11 is 3.20. The molecule has 0 amide bonds. The van der Waals surface area contributed by atoms with Crippen molar-refractivity contribution in [2.75, 3.05) is 12.4 Å². The van der Waals surface area contributed by atoms with Crippen molar-refractivity contribution in [3.05, 3.63) is 80.5 Å². The zero-order valence-electron chi connectivity index (χ0n) is 18.3. The van der Waals surface area contributed by atoms with E-state index in [2.05, 4.69) is 32.0 Å². The number of thioether (sulfide) groups is 1. The average molecular weight is 451 g/mol. The number of aryl methyl sites for hydroxylation is 4. The first kappa shape index (κ1) is 21.7. The fraction of sp³-hybridized carbons (Fsp3) is 0.280. The number of thiophene rings is 1. The third-order valence-corrected chi connectivity index (χ3v) is 7.43. The number of benzene rings is 2. The molecule has 0 fully saturated rings. The zero-order valence-corrected chi connectivity index (χ0v) is 19.9. The summed E-state index contributed by atoms with van der Waals surface area (Å²) in [4.78, 5) is 20.3. The topological polar surface area (TPSA) is 44.1 Å². The summed E-state index contributed by atoms with van der Waals surface area (Å²) in [5.41, 5.74) is 4.22. The van der Waals surface area contributed by atoms with Crippen molar-refractivity contribution in [1.29, 1.82) is 0 Å². The van der Waals surface area contributed by atoms with Crippen LogP contribution in [0.5, 0.6) is 5.75 Å². The van der Waals surface area contributed by atoms with Crippen LogP contribution in [0.15, 0.2) is 58.5 Å². The molecule has 0 aliphatic carbocycles. The Labute approximate surface area is 190 Å². The molecule has 0 saturated heterocycles. The van der Waals surface area contributed by atoms with Crippen LogP contribution in [0, 0.1) is 27.7 Å². The highest BCUT2D eigenvalue weighted by molar-refractivity contribution is 7.99. The predicted molar refractivity (Wildman–Crippen MR) is 131 cm³/mol. The quantitative estimate of drug-likeness (QED) is 0.190. The summed E-state index contributed by atoms with van der Waals surface area (Å²) in [6.45, 7) is 8.81. The first-order valence-corrected chi connectivity index (χ1v) is 12.2. The monoisotopic (exact) mass is 450 g/mol. The van der Waals surface area contributed by atoms with Gasteiger partial charge in [-0.1, -0.05) is 42.1 Å². The Morgan fingerprint density at radius 3 is 2.61 bits per heavy atom. The zero-order chi connectivity index (χ0) is 22.0. The van der Waals surface area contributed by atoms with Crippen LogP contribution in [0.25, 0.3) is 15.9 Å². The molecule has 2 aromatic carbocycles. The van der Waals surface area contributed by atoms with E-state index in [-0.39, 0.29) is 5.56 Å². The van der Waals surface area contributed by atoms with Crippen molar-refractivity contribution >= 4 is 33.3 Å². The van der Waals surface area contributed by atoms with E-state index in [0.717, 1.165) is 55.0 Å². The van der Waals surface area contributed by atoms with Gasteiger partial charge < -0.3 is 4.74 Å². The van der Waals surface area contributed by atoms with Crippen LogP contribution in [0.3, 0.4) is 0 Å². The summed E-state index contributed by atoms with van der Waals surface area (Å²) in [6, 6.07) is 16.0. The molecule has 0 saturated carbocycles. The van der Waals surface area contributed by atoms with Gasteiger partial charge in [0.25, 0.3) is 5.56 Å². The van der Waals surface area contributed by atoms with Crippen molar-refractivity contribution in [2.24, 2.45) is 0 Å². The number of hydrogen-bond acceptors (Lipinski definition) is 5. The first-order valence-electron chi connectivity index (χ1n) is 10.4. The number of rotatable bonds is 7. The van der Waals surface area contributed by atoms with Gasteiger partial charge in [0.15, 0.2) is 5.16 Å². The maximum atomic E-state index is 13.4. The van der Waals surface area contributed by atoms with E-state index in [0.29, 0.717) is 6.61 Å². The number of para-hydroxylation sites is 1. The highest BCUT2D eigenvalue weighted by Crippen LogP contribution is 2.30. The molecule has 4 aromatic rings. The Morgan fingerprint density at radius 2 is 1.84 bits per heavy atom. The average Bonchev–Trinajstić information content (AvgIpc) is 3.04. The van der Waals surface area contributed by atoms with Gasteiger partial charge in [-0.2, -0.15) is 0 Å². The van der Waals surface area contributed by atoms with E-state index in [1.54, 1.807) is 27.7 Å². The molecule has 0 atom stereocenters. The van der Waals surface area contributed by atoms with Crippen LogP contribution < -0.4 is 10.3 Å². The van der Waals surface area contributed by atoms with Crippen molar-refractivity contribution in [2.45, 2.75) is 39.3 Å². The number of ether oxygens (including phenoxy) is 1. The summed E-state index contributed by atoms with van der Waals surface area (Å²) in [5, 5.41) is 1.46. The molecule has 6 heteroatoms. The fourth-order valence-electron chi connectivity index (χ4n) is 3.44. The molecule has 31 heavy (non-hydrogen) atoms. The molecule has 160 valence electrons. The molecule has 2 heterocycles. The summed E-state index contributed by atoms with van der Waals surface area (Å²) in [7, 11) is 0. The molecular formula is C25H26N2O2S2. The second kappa shape index (κ2) is 9.28. The smallest absolute Gasteiger partial charge is 0.267 e. The van der Waals surface area contributed by atoms with Gasteiger partial charge in [-0.15, -0.1) is 11.3 Å². The molecule has 0 bridgehead atoms. The summed E-state index contributed by atoms with van der Waals surface area (Å²) in [5.74, 6) is 1.76. The Balaban J connectivity index is 1.55. The molecule has 2 aromatic heterocycles. The lowest BCUT2D eigenvalue weighted by molar-refractivity contribution is 0.316. The van der Waals surface area contributed by atoms with E-state index in [1.807, 2.05) is 44.2 Å². The maximum Gasteiger partial charge on any atom is 0.267 e. The van der Waals surface area contributed by atoms with Crippen molar-refractivity contribution in [3.63, 3.8) is 0 Å². The van der Waals surface area contributed by atoms with E-state index >= 15 is 0 Å². The van der Waals surface area contributed by atoms with Gasteiger partial charge in [-0.25, -0.2) is 4.98 Å². The number of hydrogen-bond donors (Lipinski definition) is 0. The number of nitrogens with zero attached hydrogens (tertiary/aromatic N) is 2. The molecule has 4 rings (SSSR count). The minimum Gasteiger partial charge on any atom is -0.493 e. The van der Waals surface area contributed by atoms with Crippen LogP contribution in [-0.4, -0.2) is 21.9 Å². The van der Waals surface area contributed by atoms with E-state index < -0.39 is 0 Å².